The maximum Gasteiger partial charge on any atom is 0.326 e. The number of para-hydroxylation sites is 1. The zero-order valence-corrected chi connectivity index (χ0v) is 18.6. The Morgan fingerprint density at radius 1 is 1.10 bits per heavy atom. The summed E-state index contributed by atoms with van der Waals surface area (Å²) in [6.07, 6.45) is 0.748. The number of esters is 1. The smallest absolute Gasteiger partial charge is 0.326 e. The highest BCUT2D eigenvalue weighted by Gasteiger charge is 2.28. The maximum absolute atomic E-state index is 12.9. The van der Waals surface area contributed by atoms with Crippen LogP contribution >= 0.6 is 0 Å². The number of carbonyl (C=O) groups is 2. The molecule has 0 spiro atoms. The Hall–Kier alpha value is -3.28. The first-order valence-electron chi connectivity index (χ1n) is 10.6. The standard InChI is InChI=1S/C25H29N3O3/c1-17-8-7-9-18(14-17)26-24(30)27-13-12-20-19-10-5-6-11-21(19)28(22(20)15-27)16-23(29)31-25(2,3)4/h5-11,14H,12-13,15-16H2,1-4H3,(H,26,30). The van der Waals surface area contributed by atoms with Gasteiger partial charge in [-0.25, -0.2) is 4.79 Å². The molecule has 4 rings (SSSR count). The second-order valence-electron chi connectivity index (χ2n) is 9.09. The summed E-state index contributed by atoms with van der Waals surface area (Å²) in [5, 5.41) is 4.13. The fourth-order valence-corrected chi connectivity index (χ4v) is 4.18. The summed E-state index contributed by atoms with van der Waals surface area (Å²) in [4.78, 5) is 27.3. The average Bonchev–Trinajstić information content (AvgIpc) is 3.00. The van der Waals surface area contributed by atoms with Crippen LogP contribution in [0.5, 0.6) is 0 Å². The minimum Gasteiger partial charge on any atom is -0.459 e. The van der Waals surface area contributed by atoms with Crippen molar-refractivity contribution >= 4 is 28.6 Å². The van der Waals surface area contributed by atoms with Crippen molar-refractivity contribution in [3.63, 3.8) is 0 Å². The number of carbonyl (C=O) groups excluding carboxylic acids is 2. The zero-order chi connectivity index (χ0) is 22.2. The fourth-order valence-electron chi connectivity index (χ4n) is 4.18. The lowest BCUT2D eigenvalue weighted by atomic mass is 10.0. The van der Waals surface area contributed by atoms with Gasteiger partial charge in [0.15, 0.2) is 0 Å². The Balaban J connectivity index is 1.61. The minimum absolute atomic E-state index is 0.125. The van der Waals surface area contributed by atoms with Crippen molar-refractivity contribution in [2.24, 2.45) is 0 Å². The van der Waals surface area contributed by atoms with E-state index in [2.05, 4.69) is 11.4 Å². The number of nitrogens with zero attached hydrogens (tertiary/aromatic N) is 2. The quantitative estimate of drug-likeness (QED) is 0.616. The Morgan fingerprint density at radius 3 is 2.61 bits per heavy atom. The number of hydrogen-bond donors (Lipinski definition) is 1. The predicted octanol–water partition coefficient (Wildman–Crippen LogP) is 4.88. The third-order valence-corrected chi connectivity index (χ3v) is 5.43. The van der Waals surface area contributed by atoms with Gasteiger partial charge < -0.3 is 19.5 Å². The molecule has 1 N–H and O–H groups in total. The number of anilines is 1. The predicted molar refractivity (Wildman–Crippen MR) is 122 cm³/mol. The summed E-state index contributed by atoms with van der Waals surface area (Å²) in [5.41, 5.74) is 4.54. The first-order chi connectivity index (χ1) is 14.7. The highest BCUT2D eigenvalue weighted by atomic mass is 16.6. The molecule has 0 bridgehead atoms. The molecule has 162 valence electrons. The topological polar surface area (TPSA) is 63.6 Å². The molecule has 2 amide bonds. The van der Waals surface area contributed by atoms with E-state index < -0.39 is 5.60 Å². The van der Waals surface area contributed by atoms with Gasteiger partial charge in [0.1, 0.15) is 12.1 Å². The zero-order valence-electron chi connectivity index (χ0n) is 18.6. The van der Waals surface area contributed by atoms with Gasteiger partial charge in [-0.05, 0) is 63.4 Å². The normalized spacial score (nSPS) is 13.7. The molecule has 0 saturated carbocycles. The molecule has 2 aromatic carbocycles. The number of urea groups is 1. The van der Waals surface area contributed by atoms with Crippen LogP contribution in [0.2, 0.25) is 0 Å². The summed E-state index contributed by atoms with van der Waals surface area (Å²) in [6, 6.07) is 15.7. The number of aromatic nitrogens is 1. The molecular weight excluding hydrogens is 390 g/mol. The van der Waals surface area contributed by atoms with Gasteiger partial charge in [0.2, 0.25) is 0 Å². The maximum atomic E-state index is 12.9. The fraction of sp³-hybridized carbons (Fsp3) is 0.360. The van der Waals surface area contributed by atoms with Crippen LogP contribution in [0.3, 0.4) is 0 Å². The first kappa shape index (κ1) is 21.0. The molecule has 0 saturated heterocycles. The molecule has 6 nitrogen and oxygen atoms in total. The van der Waals surface area contributed by atoms with E-state index in [1.165, 1.54) is 5.56 Å². The molecule has 0 fully saturated rings. The second-order valence-corrected chi connectivity index (χ2v) is 9.09. The van der Waals surface area contributed by atoms with Gasteiger partial charge in [0.25, 0.3) is 0 Å². The molecule has 0 unspecified atom stereocenters. The molecule has 1 aliphatic heterocycles. The first-order valence-corrected chi connectivity index (χ1v) is 10.6. The van der Waals surface area contributed by atoms with Gasteiger partial charge in [0, 0.05) is 28.8 Å². The van der Waals surface area contributed by atoms with Crippen LogP contribution in [-0.2, 0) is 29.0 Å². The van der Waals surface area contributed by atoms with Crippen molar-refractivity contribution in [2.75, 3.05) is 11.9 Å². The van der Waals surface area contributed by atoms with E-state index in [1.807, 2.05) is 74.7 Å². The number of amides is 2. The van der Waals surface area contributed by atoms with Crippen LogP contribution in [0.4, 0.5) is 10.5 Å². The number of ether oxygens (including phenoxy) is 1. The molecule has 1 aromatic heterocycles. The van der Waals surface area contributed by atoms with Gasteiger partial charge in [-0.2, -0.15) is 0 Å². The van der Waals surface area contributed by atoms with Crippen molar-refractivity contribution < 1.29 is 14.3 Å². The number of aryl methyl sites for hydroxylation is 1. The summed E-state index contributed by atoms with van der Waals surface area (Å²) in [7, 11) is 0. The molecule has 3 aromatic rings. The highest BCUT2D eigenvalue weighted by Crippen LogP contribution is 2.31. The summed E-state index contributed by atoms with van der Waals surface area (Å²) in [5.74, 6) is -0.280. The van der Waals surface area contributed by atoms with Crippen molar-refractivity contribution in [3.8, 4) is 0 Å². The molecule has 0 atom stereocenters. The number of hydrogen-bond acceptors (Lipinski definition) is 3. The van der Waals surface area contributed by atoms with E-state index >= 15 is 0 Å². The van der Waals surface area contributed by atoms with Crippen LogP contribution < -0.4 is 5.32 Å². The molecule has 31 heavy (non-hydrogen) atoms. The van der Waals surface area contributed by atoms with Gasteiger partial charge >= 0.3 is 12.0 Å². The lowest BCUT2D eigenvalue weighted by Crippen LogP contribution is -2.39. The van der Waals surface area contributed by atoms with Crippen molar-refractivity contribution in [3.05, 3.63) is 65.4 Å². The Labute approximate surface area is 182 Å². The monoisotopic (exact) mass is 419 g/mol. The number of nitrogens with one attached hydrogen (secondary N) is 1. The molecule has 1 aliphatic rings. The SMILES string of the molecule is Cc1cccc(NC(=O)N2CCc3c(n(CC(=O)OC(C)(C)C)c4ccccc34)C2)c1. The van der Waals surface area contributed by atoms with Gasteiger partial charge in [-0.1, -0.05) is 30.3 Å². The van der Waals surface area contributed by atoms with Gasteiger partial charge in [-0.15, -0.1) is 0 Å². The van der Waals surface area contributed by atoms with E-state index in [-0.39, 0.29) is 18.5 Å². The Kier molecular flexibility index (Phi) is 5.48. The molecular formula is C25H29N3O3. The third kappa shape index (κ3) is 4.58. The van der Waals surface area contributed by atoms with Gasteiger partial charge in [-0.3, -0.25) is 4.79 Å². The van der Waals surface area contributed by atoms with Crippen LogP contribution in [0.1, 0.15) is 37.6 Å². The lowest BCUT2D eigenvalue weighted by molar-refractivity contribution is -0.155. The third-order valence-electron chi connectivity index (χ3n) is 5.43. The van der Waals surface area contributed by atoms with Crippen molar-refractivity contribution in [1.82, 2.24) is 9.47 Å². The van der Waals surface area contributed by atoms with Crippen molar-refractivity contribution in [1.29, 1.82) is 0 Å². The minimum atomic E-state index is -0.542. The second kappa shape index (κ2) is 8.10. The van der Waals surface area contributed by atoms with Crippen molar-refractivity contribution in [2.45, 2.75) is 52.8 Å². The number of fused-ring (bicyclic) bond motifs is 3. The lowest BCUT2D eigenvalue weighted by Gasteiger charge is -2.29. The molecule has 0 radical (unpaired) electrons. The number of benzene rings is 2. The summed E-state index contributed by atoms with van der Waals surface area (Å²) < 4.78 is 7.57. The Bertz CT molecular complexity index is 1140. The van der Waals surface area contributed by atoms with Crippen LogP contribution in [0, 0.1) is 6.92 Å². The highest BCUT2D eigenvalue weighted by molar-refractivity contribution is 5.91. The van der Waals surface area contributed by atoms with Crippen LogP contribution in [0.15, 0.2) is 48.5 Å². The van der Waals surface area contributed by atoms with E-state index in [1.54, 1.807) is 4.90 Å². The van der Waals surface area contributed by atoms with Gasteiger partial charge in [0.05, 0.1) is 6.54 Å². The Morgan fingerprint density at radius 2 is 1.87 bits per heavy atom. The summed E-state index contributed by atoms with van der Waals surface area (Å²) >= 11 is 0. The molecule has 6 heteroatoms. The van der Waals surface area contributed by atoms with E-state index in [4.69, 9.17) is 4.74 Å². The van der Waals surface area contributed by atoms with Crippen LogP contribution in [-0.4, -0.2) is 33.6 Å². The average molecular weight is 420 g/mol. The molecule has 2 heterocycles. The van der Waals surface area contributed by atoms with E-state index in [0.717, 1.165) is 34.3 Å². The largest absolute Gasteiger partial charge is 0.459 e. The van der Waals surface area contributed by atoms with Crippen LogP contribution in [0.25, 0.3) is 10.9 Å². The van der Waals surface area contributed by atoms with E-state index in [9.17, 15) is 9.59 Å². The van der Waals surface area contributed by atoms with E-state index in [0.29, 0.717) is 13.1 Å². The molecule has 0 aliphatic carbocycles. The number of rotatable bonds is 3. The summed E-state index contributed by atoms with van der Waals surface area (Å²) in [6.45, 7) is 8.80.